The number of methoxy groups -OCH3 is 1. The lowest BCUT2D eigenvalue weighted by Gasteiger charge is -2.15. The van der Waals surface area contributed by atoms with Gasteiger partial charge in [-0.15, -0.1) is 11.3 Å². The minimum Gasteiger partial charge on any atom is -0.494 e. The van der Waals surface area contributed by atoms with Crippen LogP contribution in [0.5, 0.6) is 11.5 Å². The van der Waals surface area contributed by atoms with Crippen LogP contribution in [-0.4, -0.2) is 28.3 Å². The van der Waals surface area contributed by atoms with Crippen LogP contribution in [0.2, 0.25) is 15.1 Å². The second-order valence-electron chi connectivity index (χ2n) is 11.1. The molecule has 1 saturated carbocycles. The van der Waals surface area contributed by atoms with Crippen LogP contribution in [0.1, 0.15) is 71.3 Å². The lowest BCUT2D eigenvalue weighted by Crippen LogP contribution is -2.06. The van der Waals surface area contributed by atoms with Gasteiger partial charge in [-0.05, 0) is 48.4 Å². The van der Waals surface area contributed by atoms with E-state index in [4.69, 9.17) is 53.8 Å². The number of nitrogens with zero attached hydrogens (tertiary/aromatic N) is 2. The Labute approximate surface area is 267 Å². The Bertz CT molecular complexity index is 1860. The molecule has 1 aliphatic rings. The number of thiazole rings is 1. The van der Waals surface area contributed by atoms with Gasteiger partial charge in [-0.3, -0.25) is 0 Å². The third kappa shape index (κ3) is 5.35. The van der Waals surface area contributed by atoms with Gasteiger partial charge >= 0.3 is 5.97 Å². The van der Waals surface area contributed by atoms with Gasteiger partial charge in [0.1, 0.15) is 35.1 Å². The Hall–Kier alpha value is -3.30. The highest BCUT2D eigenvalue weighted by Crippen LogP contribution is 2.62. The van der Waals surface area contributed by atoms with Crippen molar-refractivity contribution in [2.45, 2.75) is 51.0 Å². The fourth-order valence-electron chi connectivity index (χ4n) is 5.51. The van der Waals surface area contributed by atoms with Crippen LogP contribution >= 0.6 is 46.1 Å². The topological polar surface area (TPSA) is 94.7 Å². The zero-order chi connectivity index (χ0) is 30.6. The van der Waals surface area contributed by atoms with Gasteiger partial charge in [-0.1, -0.05) is 72.9 Å². The van der Waals surface area contributed by atoms with Crippen LogP contribution in [-0.2, 0) is 12.0 Å². The molecule has 0 saturated heterocycles. The zero-order valence-electron chi connectivity index (χ0n) is 23.7. The van der Waals surface area contributed by atoms with Crippen LogP contribution in [0, 0.1) is 0 Å². The molecule has 11 heteroatoms. The lowest BCUT2D eigenvalue weighted by molar-refractivity contribution is 0.0696. The maximum absolute atomic E-state index is 11.6. The number of hydrogen-bond donors (Lipinski definition) is 1. The molecule has 3 aromatic carbocycles. The first-order valence-electron chi connectivity index (χ1n) is 13.6. The van der Waals surface area contributed by atoms with Crippen molar-refractivity contribution in [3.05, 3.63) is 91.1 Å². The molecule has 0 aliphatic heterocycles. The van der Waals surface area contributed by atoms with E-state index in [2.05, 4.69) is 12.1 Å². The number of carbonyl (C=O) groups is 1. The molecule has 0 spiro atoms. The highest BCUT2D eigenvalue weighted by molar-refractivity contribution is 7.18. The normalized spacial score (nSPS) is 17.9. The third-order valence-electron chi connectivity index (χ3n) is 7.96. The Morgan fingerprint density at radius 1 is 1.14 bits per heavy atom. The average molecular weight is 658 g/mol. The van der Waals surface area contributed by atoms with Crippen molar-refractivity contribution in [1.82, 2.24) is 10.1 Å². The van der Waals surface area contributed by atoms with Crippen molar-refractivity contribution in [3.8, 4) is 22.8 Å². The molecule has 0 radical (unpaired) electrons. The summed E-state index contributed by atoms with van der Waals surface area (Å²) in [5.74, 6) is 0.955. The summed E-state index contributed by atoms with van der Waals surface area (Å²) in [5.41, 5.74) is 3.55. The van der Waals surface area contributed by atoms with Gasteiger partial charge in [-0.2, -0.15) is 0 Å². The number of ether oxygens (including phenoxy) is 2. The van der Waals surface area contributed by atoms with Crippen molar-refractivity contribution in [1.29, 1.82) is 0 Å². The van der Waals surface area contributed by atoms with Crippen molar-refractivity contribution >= 4 is 62.3 Å². The van der Waals surface area contributed by atoms with E-state index in [1.165, 1.54) is 24.5 Å². The smallest absolute Gasteiger partial charge is 0.335 e. The first kappa shape index (κ1) is 29.8. The van der Waals surface area contributed by atoms with E-state index in [0.29, 0.717) is 49.1 Å². The molecular formula is C32H27Cl3N2O5S. The summed E-state index contributed by atoms with van der Waals surface area (Å²) in [4.78, 5) is 16.4. The number of aromatic nitrogens is 2. The van der Waals surface area contributed by atoms with E-state index in [9.17, 15) is 9.90 Å². The number of benzene rings is 3. The lowest BCUT2D eigenvalue weighted by atomic mass is 9.95. The van der Waals surface area contributed by atoms with Crippen LogP contribution in [0.4, 0.5) is 0 Å². The molecule has 5 aromatic rings. The number of halogens is 3. The monoisotopic (exact) mass is 656 g/mol. The Morgan fingerprint density at radius 3 is 2.53 bits per heavy atom. The maximum Gasteiger partial charge on any atom is 0.335 e. The molecule has 2 atom stereocenters. The van der Waals surface area contributed by atoms with E-state index in [1.807, 2.05) is 32.0 Å². The number of carboxylic acid groups (broad SMARTS) is 1. The maximum atomic E-state index is 11.6. The van der Waals surface area contributed by atoms with E-state index in [0.717, 1.165) is 27.3 Å². The summed E-state index contributed by atoms with van der Waals surface area (Å²) in [6.45, 7) is 6.40. The van der Waals surface area contributed by atoms with Gasteiger partial charge in [0.05, 0.1) is 38.0 Å². The summed E-state index contributed by atoms with van der Waals surface area (Å²) < 4.78 is 18.1. The summed E-state index contributed by atoms with van der Waals surface area (Å²) in [6.07, 6.45) is 0.862. The van der Waals surface area contributed by atoms with Gasteiger partial charge in [0.2, 0.25) is 0 Å². The number of rotatable bonds is 9. The van der Waals surface area contributed by atoms with Crippen molar-refractivity contribution in [3.63, 3.8) is 0 Å². The predicted octanol–water partition coefficient (Wildman–Crippen LogP) is 9.77. The largest absolute Gasteiger partial charge is 0.494 e. The van der Waals surface area contributed by atoms with E-state index in [1.54, 1.807) is 24.3 Å². The van der Waals surface area contributed by atoms with Crippen molar-refractivity contribution < 1.29 is 23.9 Å². The number of hydrogen-bond acceptors (Lipinski definition) is 7. The van der Waals surface area contributed by atoms with E-state index < -0.39 is 5.97 Å². The average Bonchev–Trinajstić information content (AvgIpc) is 3.28. The van der Waals surface area contributed by atoms with E-state index >= 15 is 0 Å². The minimum absolute atomic E-state index is 0.0667. The molecule has 43 heavy (non-hydrogen) atoms. The summed E-state index contributed by atoms with van der Waals surface area (Å²) in [5, 5.41) is 16.3. The number of aromatic carboxylic acids is 1. The van der Waals surface area contributed by atoms with Gasteiger partial charge in [0.15, 0.2) is 0 Å². The molecular weight excluding hydrogens is 631 g/mol. The fourth-order valence-corrected chi connectivity index (χ4v) is 7.75. The van der Waals surface area contributed by atoms with Crippen LogP contribution in [0.3, 0.4) is 0 Å². The van der Waals surface area contributed by atoms with Crippen LogP contribution in [0.15, 0.2) is 53.1 Å². The predicted molar refractivity (Wildman–Crippen MR) is 170 cm³/mol. The molecule has 2 unspecified atom stereocenters. The van der Waals surface area contributed by atoms with Crippen molar-refractivity contribution in [2.75, 3.05) is 7.11 Å². The number of fused-ring (bicyclic) bond motifs is 1. The van der Waals surface area contributed by atoms with Crippen LogP contribution < -0.4 is 9.47 Å². The molecule has 0 amide bonds. The molecule has 0 bridgehead atoms. The Morgan fingerprint density at radius 2 is 1.88 bits per heavy atom. The first-order chi connectivity index (χ1) is 20.5. The molecule has 1 aliphatic carbocycles. The van der Waals surface area contributed by atoms with Gasteiger partial charge < -0.3 is 19.1 Å². The highest BCUT2D eigenvalue weighted by atomic mass is 35.5. The second kappa shape index (κ2) is 11.3. The number of carboxylic acids is 1. The molecule has 2 aromatic heterocycles. The Kier molecular flexibility index (Phi) is 7.84. The molecule has 1 N–H and O–H groups in total. The first-order valence-corrected chi connectivity index (χ1v) is 15.5. The van der Waals surface area contributed by atoms with Gasteiger partial charge in [-0.25, -0.2) is 9.78 Å². The quantitative estimate of drug-likeness (QED) is 0.169. The standard InChI is InChI=1S/C32H27Cl3N2O5S/c1-15(2)29-18(27(37-42-29)26-21(33)6-5-7-22(26)34)14-41-17-8-9-19(23(35)12-17)32(3)13-20(32)30-36-28-24(40-4)10-16(31(38)39)11-25(28)43-30/h5-12,15,20H,13-14H2,1-4H3,(H,38,39). The summed E-state index contributed by atoms with van der Waals surface area (Å²) >= 11 is 21.3. The van der Waals surface area contributed by atoms with Crippen molar-refractivity contribution in [2.24, 2.45) is 0 Å². The SMILES string of the molecule is COc1cc(C(=O)O)cc2sc(C3CC3(C)c3ccc(OCc4c(-c5c(Cl)cccc5Cl)noc4C(C)C)cc3Cl)nc12. The minimum atomic E-state index is -1.01. The third-order valence-corrected chi connectivity index (χ3v) is 10.0. The Balaban J connectivity index is 1.24. The molecule has 222 valence electrons. The molecule has 6 rings (SSSR count). The molecule has 7 nitrogen and oxygen atoms in total. The van der Waals surface area contributed by atoms with Gasteiger partial charge in [0, 0.05) is 27.8 Å². The second-order valence-corrected chi connectivity index (χ2v) is 13.4. The molecule has 2 heterocycles. The van der Waals surface area contributed by atoms with E-state index in [-0.39, 0.29) is 29.4 Å². The summed E-state index contributed by atoms with van der Waals surface area (Å²) in [6, 6.07) is 14.2. The van der Waals surface area contributed by atoms with Gasteiger partial charge in [0.25, 0.3) is 0 Å². The highest BCUT2D eigenvalue weighted by Gasteiger charge is 2.54. The van der Waals surface area contributed by atoms with Crippen LogP contribution in [0.25, 0.3) is 21.5 Å². The summed E-state index contributed by atoms with van der Waals surface area (Å²) in [7, 11) is 1.52. The molecule has 1 fully saturated rings. The zero-order valence-corrected chi connectivity index (χ0v) is 26.8. The fraction of sp³-hybridized carbons (Fsp3) is 0.281.